The van der Waals surface area contributed by atoms with Gasteiger partial charge in [-0.05, 0) is 0 Å². The molecule has 0 fully saturated rings. The van der Waals surface area contributed by atoms with Crippen molar-refractivity contribution in [1.82, 2.24) is 15.2 Å². The summed E-state index contributed by atoms with van der Waals surface area (Å²) in [4.78, 5) is 3.74. The monoisotopic (exact) mass is 155 g/mol. The van der Waals surface area contributed by atoms with E-state index in [0.29, 0.717) is 0 Å². The van der Waals surface area contributed by atoms with Crippen LogP contribution in [-0.2, 0) is 0 Å². The SMILES string of the molecule is c1cscn1.c1nnco1. The molecule has 0 N–H and O–H groups in total. The van der Waals surface area contributed by atoms with Crippen LogP contribution in [0.5, 0.6) is 0 Å². The van der Waals surface area contributed by atoms with E-state index in [2.05, 4.69) is 19.6 Å². The van der Waals surface area contributed by atoms with Crippen molar-refractivity contribution in [3.05, 3.63) is 29.9 Å². The zero-order chi connectivity index (χ0) is 7.07. The summed E-state index contributed by atoms with van der Waals surface area (Å²) in [6.07, 6.45) is 4.30. The van der Waals surface area contributed by atoms with E-state index in [-0.39, 0.29) is 0 Å². The molecular formula is C5H5N3OS. The molecular weight excluding hydrogens is 150 g/mol. The number of thiazole rings is 1. The van der Waals surface area contributed by atoms with E-state index in [9.17, 15) is 0 Å². The number of rotatable bonds is 0. The summed E-state index contributed by atoms with van der Waals surface area (Å²) in [5.74, 6) is 0. The Morgan fingerprint density at radius 1 is 1.20 bits per heavy atom. The average molecular weight is 155 g/mol. The molecule has 2 heterocycles. The van der Waals surface area contributed by atoms with E-state index in [1.807, 2.05) is 5.38 Å². The predicted octanol–water partition coefficient (Wildman–Crippen LogP) is 1.21. The van der Waals surface area contributed by atoms with Crippen molar-refractivity contribution in [2.45, 2.75) is 0 Å². The van der Waals surface area contributed by atoms with Crippen LogP contribution in [0, 0.1) is 0 Å². The van der Waals surface area contributed by atoms with Crippen molar-refractivity contribution >= 4 is 11.3 Å². The largest absolute Gasteiger partial charge is 0.431 e. The average Bonchev–Trinajstić information content (AvgIpc) is 2.67. The molecule has 52 valence electrons. The van der Waals surface area contributed by atoms with Gasteiger partial charge in [-0.25, -0.2) is 0 Å². The van der Waals surface area contributed by atoms with Crippen LogP contribution in [0.2, 0.25) is 0 Å². The van der Waals surface area contributed by atoms with E-state index >= 15 is 0 Å². The summed E-state index contributed by atoms with van der Waals surface area (Å²) >= 11 is 1.60. The lowest BCUT2D eigenvalue weighted by Gasteiger charge is -1.44. The molecule has 0 aromatic carbocycles. The molecule has 4 nitrogen and oxygen atoms in total. The Labute approximate surface area is 61.6 Å². The van der Waals surface area contributed by atoms with Gasteiger partial charge in [0.1, 0.15) is 0 Å². The summed E-state index contributed by atoms with van der Waals surface area (Å²) in [5.41, 5.74) is 1.79. The highest BCUT2D eigenvalue weighted by Gasteiger charge is 1.60. The maximum absolute atomic E-state index is 4.36. The van der Waals surface area contributed by atoms with Gasteiger partial charge in [0.2, 0.25) is 12.8 Å². The smallest absolute Gasteiger partial charge is 0.203 e. The number of hydrogen-bond acceptors (Lipinski definition) is 5. The highest BCUT2D eigenvalue weighted by molar-refractivity contribution is 7.07. The van der Waals surface area contributed by atoms with Gasteiger partial charge < -0.3 is 4.42 Å². The molecule has 0 amide bonds. The van der Waals surface area contributed by atoms with Crippen LogP contribution in [0.3, 0.4) is 0 Å². The van der Waals surface area contributed by atoms with E-state index in [1.54, 1.807) is 23.0 Å². The van der Waals surface area contributed by atoms with Crippen LogP contribution < -0.4 is 0 Å². The quantitative estimate of drug-likeness (QED) is 0.573. The summed E-state index contributed by atoms with van der Waals surface area (Å²) in [5, 5.41) is 8.54. The summed E-state index contributed by atoms with van der Waals surface area (Å²) in [6, 6.07) is 0. The van der Waals surface area contributed by atoms with Crippen LogP contribution in [0.25, 0.3) is 0 Å². The topological polar surface area (TPSA) is 51.8 Å². The molecule has 0 bridgehead atoms. The van der Waals surface area contributed by atoms with E-state index in [1.165, 1.54) is 12.8 Å². The molecule has 0 atom stereocenters. The second kappa shape index (κ2) is 4.63. The van der Waals surface area contributed by atoms with Crippen LogP contribution in [0.4, 0.5) is 0 Å². The lowest BCUT2D eigenvalue weighted by molar-refractivity contribution is 0.553. The Morgan fingerprint density at radius 3 is 2.20 bits per heavy atom. The van der Waals surface area contributed by atoms with E-state index < -0.39 is 0 Å². The molecule has 10 heavy (non-hydrogen) atoms. The molecule has 0 radical (unpaired) electrons. The van der Waals surface area contributed by atoms with Gasteiger partial charge in [0.15, 0.2) is 0 Å². The molecule has 0 spiro atoms. The van der Waals surface area contributed by atoms with Crippen molar-refractivity contribution in [3.63, 3.8) is 0 Å². The molecule has 0 aliphatic rings. The Hall–Kier alpha value is -1.23. The zero-order valence-corrected chi connectivity index (χ0v) is 5.86. The third-order valence-corrected chi connectivity index (χ3v) is 1.15. The molecule has 5 heteroatoms. The molecule has 2 aromatic rings. The fourth-order valence-electron chi connectivity index (χ4n) is 0.312. The predicted molar refractivity (Wildman–Crippen MR) is 36.4 cm³/mol. The first-order chi connectivity index (χ1) is 5.00. The molecule has 0 unspecified atom stereocenters. The van der Waals surface area contributed by atoms with Gasteiger partial charge in [-0.3, -0.25) is 4.98 Å². The maximum Gasteiger partial charge on any atom is 0.203 e. The van der Waals surface area contributed by atoms with Gasteiger partial charge in [0.25, 0.3) is 0 Å². The molecule has 2 rings (SSSR count). The van der Waals surface area contributed by atoms with Crippen molar-refractivity contribution in [2.75, 3.05) is 0 Å². The lowest BCUT2D eigenvalue weighted by Crippen LogP contribution is -1.53. The third kappa shape index (κ3) is 2.93. The Balaban J connectivity index is 0.0000001000. The summed E-state index contributed by atoms with van der Waals surface area (Å²) < 4.78 is 4.36. The highest BCUT2D eigenvalue weighted by Crippen LogP contribution is 1.85. The first-order valence-corrected chi connectivity index (χ1v) is 3.45. The second-order valence-electron chi connectivity index (χ2n) is 1.25. The normalized spacial score (nSPS) is 8.00. The zero-order valence-electron chi connectivity index (χ0n) is 5.04. The maximum atomic E-state index is 4.36. The summed E-state index contributed by atoms with van der Waals surface area (Å²) in [7, 11) is 0. The lowest BCUT2D eigenvalue weighted by atomic mass is 11.0. The van der Waals surface area contributed by atoms with Gasteiger partial charge in [-0.2, -0.15) is 0 Å². The number of hydrogen-bond donors (Lipinski definition) is 0. The first kappa shape index (κ1) is 6.88. The molecule has 2 aromatic heterocycles. The van der Waals surface area contributed by atoms with Crippen molar-refractivity contribution < 1.29 is 4.42 Å². The van der Waals surface area contributed by atoms with Crippen LogP contribution in [-0.4, -0.2) is 15.2 Å². The Morgan fingerprint density at radius 2 is 2.00 bits per heavy atom. The van der Waals surface area contributed by atoms with Gasteiger partial charge in [0.05, 0.1) is 5.51 Å². The Kier molecular flexibility index (Phi) is 3.19. The highest BCUT2D eigenvalue weighted by atomic mass is 32.1. The Bertz CT molecular complexity index is 156. The molecule has 0 aliphatic carbocycles. The number of aromatic nitrogens is 3. The van der Waals surface area contributed by atoms with Gasteiger partial charge >= 0.3 is 0 Å². The minimum atomic E-state index is 1.26. The van der Waals surface area contributed by atoms with Crippen molar-refractivity contribution in [3.8, 4) is 0 Å². The number of nitrogens with zero attached hydrogens (tertiary/aromatic N) is 3. The fourth-order valence-corrected chi connectivity index (χ4v) is 0.663. The third-order valence-electron chi connectivity index (χ3n) is 0.630. The standard InChI is InChI=1S/C3H3NS.C2H2N2O/c1-2-5-3-4-1;1-3-4-2-5-1/h1-3H;1-2H. The fraction of sp³-hybridized carbons (Fsp3) is 0. The second-order valence-corrected chi connectivity index (χ2v) is 2.01. The van der Waals surface area contributed by atoms with E-state index in [4.69, 9.17) is 0 Å². The van der Waals surface area contributed by atoms with Gasteiger partial charge in [-0.1, -0.05) is 0 Å². The van der Waals surface area contributed by atoms with Crippen LogP contribution in [0.1, 0.15) is 0 Å². The first-order valence-electron chi connectivity index (χ1n) is 2.51. The van der Waals surface area contributed by atoms with Gasteiger partial charge in [-0.15, -0.1) is 21.5 Å². The van der Waals surface area contributed by atoms with E-state index in [0.717, 1.165) is 0 Å². The summed E-state index contributed by atoms with van der Waals surface area (Å²) in [6.45, 7) is 0. The minimum Gasteiger partial charge on any atom is -0.431 e. The van der Waals surface area contributed by atoms with Crippen molar-refractivity contribution in [2.24, 2.45) is 0 Å². The van der Waals surface area contributed by atoms with Crippen molar-refractivity contribution in [1.29, 1.82) is 0 Å². The van der Waals surface area contributed by atoms with Crippen LogP contribution in [0.15, 0.2) is 34.3 Å². The van der Waals surface area contributed by atoms with Gasteiger partial charge in [0, 0.05) is 11.6 Å². The molecule has 0 saturated carbocycles. The van der Waals surface area contributed by atoms with Crippen LogP contribution >= 0.6 is 11.3 Å². The molecule has 0 aliphatic heterocycles. The molecule has 0 saturated heterocycles. The minimum absolute atomic E-state index is 1.26.